The minimum absolute atomic E-state index is 0.0308. The first kappa shape index (κ1) is 13.9. The quantitative estimate of drug-likeness (QED) is 0.883. The lowest BCUT2D eigenvalue weighted by Gasteiger charge is -2.19. The smallest absolute Gasteiger partial charge is 0.143 e. The average Bonchev–Trinajstić information content (AvgIpc) is 2.44. The van der Waals surface area contributed by atoms with E-state index in [-0.39, 0.29) is 6.10 Å². The third-order valence-electron chi connectivity index (χ3n) is 2.98. The first-order valence-electron chi connectivity index (χ1n) is 6.36. The lowest BCUT2D eigenvalue weighted by Crippen LogP contribution is -2.10. The molecule has 2 aromatic rings. The molecule has 2 nitrogen and oxygen atoms in total. The van der Waals surface area contributed by atoms with Gasteiger partial charge in [0.2, 0.25) is 0 Å². The van der Waals surface area contributed by atoms with Gasteiger partial charge in [0.05, 0.1) is 5.02 Å². The minimum atomic E-state index is -0.0308. The topological polar surface area (TPSA) is 21.3 Å². The zero-order valence-electron chi connectivity index (χ0n) is 11.2. The van der Waals surface area contributed by atoms with Crippen LogP contribution in [-0.2, 0) is 6.54 Å². The Morgan fingerprint density at radius 3 is 2.53 bits per heavy atom. The van der Waals surface area contributed by atoms with E-state index in [4.69, 9.17) is 16.3 Å². The Balaban J connectivity index is 2.23. The monoisotopic (exact) mass is 275 g/mol. The van der Waals surface area contributed by atoms with Crippen molar-refractivity contribution in [3.05, 3.63) is 64.7 Å². The van der Waals surface area contributed by atoms with E-state index in [0.717, 1.165) is 23.4 Å². The number of rotatable bonds is 5. The third kappa shape index (κ3) is 3.49. The number of para-hydroxylation sites is 1. The van der Waals surface area contributed by atoms with E-state index in [1.165, 1.54) is 0 Å². The second-order valence-corrected chi connectivity index (χ2v) is 4.84. The highest BCUT2D eigenvalue weighted by Gasteiger charge is 2.13. The van der Waals surface area contributed by atoms with Gasteiger partial charge in [-0.3, -0.25) is 0 Å². The van der Waals surface area contributed by atoms with Gasteiger partial charge in [-0.2, -0.15) is 0 Å². The van der Waals surface area contributed by atoms with Crippen LogP contribution in [0.4, 0.5) is 0 Å². The molecular weight excluding hydrogens is 258 g/mol. The fraction of sp³-hybridized carbons (Fsp3) is 0.250. The fourth-order valence-corrected chi connectivity index (χ4v) is 2.22. The second kappa shape index (κ2) is 6.60. The molecule has 2 rings (SSSR count). The highest BCUT2D eigenvalue weighted by molar-refractivity contribution is 6.32. The van der Waals surface area contributed by atoms with Crippen molar-refractivity contribution in [3.63, 3.8) is 0 Å². The molecule has 0 aliphatic heterocycles. The Morgan fingerprint density at radius 2 is 1.84 bits per heavy atom. The van der Waals surface area contributed by atoms with Gasteiger partial charge in [-0.1, -0.05) is 54.1 Å². The molecule has 0 heterocycles. The molecule has 0 amide bonds. The number of hydrogen-bond donors (Lipinski definition) is 1. The lowest BCUT2D eigenvalue weighted by atomic mass is 10.1. The Kier molecular flexibility index (Phi) is 4.83. The van der Waals surface area contributed by atoms with Gasteiger partial charge in [-0.05, 0) is 25.6 Å². The van der Waals surface area contributed by atoms with Crippen LogP contribution in [0.3, 0.4) is 0 Å². The third-order valence-corrected chi connectivity index (χ3v) is 3.28. The molecule has 0 radical (unpaired) electrons. The molecule has 0 saturated heterocycles. The van der Waals surface area contributed by atoms with Gasteiger partial charge >= 0.3 is 0 Å². The van der Waals surface area contributed by atoms with Crippen molar-refractivity contribution in [3.8, 4) is 5.75 Å². The van der Waals surface area contributed by atoms with E-state index in [1.807, 2.05) is 50.4 Å². The van der Waals surface area contributed by atoms with Gasteiger partial charge < -0.3 is 10.1 Å². The maximum absolute atomic E-state index is 6.24. The van der Waals surface area contributed by atoms with Crippen molar-refractivity contribution in [2.75, 3.05) is 7.05 Å². The van der Waals surface area contributed by atoms with E-state index >= 15 is 0 Å². The molecule has 0 aromatic heterocycles. The zero-order valence-corrected chi connectivity index (χ0v) is 11.9. The van der Waals surface area contributed by atoms with Crippen LogP contribution in [0.15, 0.2) is 48.5 Å². The second-order valence-electron chi connectivity index (χ2n) is 4.43. The number of ether oxygens (including phenoxy) is 1. The van der Waals surface area contributed by atoms with Crippen molar-refractivity contribution < 1.29 is 4.74 Å². The molecule has 100 valence electrons. The van der Waals surface area contributed by atoms with Gasteiger partial charge in [-0.15, -0.1) is 0 Å². The van der Waals surface area contributed by atoms with Crippen LogP contribution in [0.5, 0.6) is 5.75 Å². The Hall–Kier alpha value is -1.51. The van der Waals surface area contributed by atoms with Crippen molar-refractivity contribution in [1.29, 1.82) is 0 Å². The molecule has 0 saturated carbocycles. The summed E-state index contributed by atoms with van der Waals surface area (Å²) < 4.78 is 6.04. The van der Waals surface area contributed by atoms with Gasteiger partial charge in [0, 0.05) is 12.1 Å². The van der Waals surface area contributed by atoms with E-state index in [0.29, 0.717) is 5.02 Å². The molecular formula is C16H18ClNO. The highest BCUT2D eigenvalue weighted by atomic mass is 35.5. The average molecular weight is 276 g/mol. The SMILES string of the molecule is CNCc1cccc(Cl)c1OC(C)c1ccccc1. The first-order valence-corrected chi connectivity index (χ1v) is 6.73. The van der Waals surface area contributed by atoms with E-state index in [1.54, 1.807) is 0 Å². The van der Waals surface area contributed by atoms with Crippen LogP contribution in [0.1, 0.15) is 24.2 Å². The van der Waals surface area contributed by atoms with Crippen molar-refractivity contribution in [2.45, 2.75) is 19.6 Å². The van der Waals surface area contributed by atoms with Crippen molar-refractivity contribution >= 4 is 11.6 Å². The first-order chi connectivity index (χ1) is 9.22. The van der Waals surface area contributed by atoms with Gasteiger partial charge in [0.1, 0.15) is 11.9 Å². The number of hydrogen-bond acceptors (Lipinski definition) is 2. The summed E-state index contributed by atoms with van der Waals surface area (Å²) in [5, 5.41) is 3.77. The highest BCUT2D eigenvalue weighted by Crippen LogP contribution is 2.32. The van der Waals surface area contributed by atoms with Crippen LogP contribution in [0.2, 0.25) is 5.02 Å². The minimum Gasteiger partial charge on any atom is -0.484 e. The molecule has 0 aliphatic rings. The standard InChI is InChI=1S/C16H18ClNO/c1-12(13-7-4-3-5-8-13)19-16-14(11-18-2)9-6-10-15(16)17/h3-10,12,18H,11H2,1-2H3. The fourth-order valence-electron chi connectivity index (χ4n) is 1.98. The van der Waals surface area contributed by atoms with Crippen LogP contribution >= 0.6 is 11.6 Å². The largest absolute Gasteiger partial charge is 0.484 e. The summed E-state index contributed by atoms with van der Waals surface area (Å²) in [6.45, 7) is 2.76. The van der Waals surface area contributed by atoms with Crippen LogP contribution in [-0.4, -0.2) is 7.05 Å². The summed E-state index contributed by atoms with van der Waals surface area (Å²) >= 11 is 6.24. The Morgan fingerprint density at radius 1 is 1.11 bits per heavy atom. The normalized spacial score (nSPS) is 12.2. The molecule has 3 heteroatoms. The Labute approximate surface area is 119 Å². The van der Waals surface area contributed by atoms with E-state index < -0.39 is 0 Å². The number of nitrogens with one attached hydrogen (secondary N) is 1. The van der Waals surface area contributed by atoms with Gasteiger partial charge in [-0.25, -0.2) is 0 Å². The molecule has 1 unspecified atom stereocenters. The molecule has 2 aromatic carbocycles. The maximum atomic E-state index is 6.24. The van der Waals surface area contributed by atoms with Gasteiger partial charge in [0.25, 0.3) is 0 Å². The van der Waals surface area contributed by atoms with E-state index in [9.17, 15) is 0 Å². The van der Waals surface area contributed by atoms with Crippen molar-refractivity contribution in [1.82, 2.24) is 5.32 Å². The molecule has 0 aliphatic carbocycles. The number of benzene rings is 2. The zero-order chi connectivity index (χ0) is 13.7. The van der Waals surface area contributed by atoms with E-state index in [2.05, 4.69) is 17.4 Å². The summed E-state index contributed by atoms with van der Waals surface area (Å²) in [4.78, 5) is 0. The van der Waals surface area contributed by atoms with Crippen LogP contribution in [0, 0.1) is 0 Å². The molecule has 1 N–H and O–H groups in total. The lowest BCUT2D eigenvalue weighted by molar-refractivity contribution is 0.224. The summed E-state index contributed by atoms with van der Waals surface area (Å²) in [5.41, 5.74) is 2.20. The predicted octanol–water partition coefficient (Wildman–Crippen LogP) is 4.20. The summed E-state index contributed by atoms with van der Waals surface area (Å²) in [5.74, 6) is 0.759. The summed E-state index contributed by atoms with van der Waals surface area (Å²) in [6, 6.07) is 15.9. The molecule has 0 fully saturated rings. The summed E-state index contributed by atoms with van der Waals surface area (Å²) in [6.07, 6.45) is -0.0308. The molecule has 19 heavy (non-hydrogen) atoms. The number of halogens is 1. The Bertz CT molecular complexity index is 528. The van der Waals surface area contributed by atoms with Crippen LogP contribution < -0.4 is 10.1 Å². The van der Waals surface area contributed by atoms with Crippen molar-refractivity contribution in [2.24, 2.45) is 0 Å². The molecule has 0 spiro atoms. The molecule has 1 atom stereocenters. The summed E-state index contributed by atoms with van der Waals surface area (Å²) in [7, 11) is 1.91. The molecule has 0 bridgehead atoms. The van der Waals surface area contributed by atoms with Gasteiger partial charge in [0.15, 0.2) is 0 Å². The van der Waals surface area contributed by atoms with Crippen LogP contribution in [0.25, 0.3) is 0 Å². The maximum Gasteiger partial charge on any atom is 0.143 e. The predicted molar refractivity (Wildman–Crippen MR) is 79.7 cm³/mol.